The van der Waals surface area contributed by atoms with Gasteiger partial charge < -0.3 is 10.2 Å². The van der Waals surface area contributed by atoms with Crippen LogP contribution in [0, 0.1) is 5.82 Å². The minimum atomic E-state index is -0.343. The number of halogens is 2. The largest absolute Gasteiger partial charge is 0.367 e. The molecule has 1 saturated heterocycles. The van der Waals surface area contributed by atoms with Crippen molar-refractivity contribution in [2.75, 3.05) is 31.1 Å². The lowest BCUT2D eigenvalue weighted by atomic mass is 10.3. The molecular formula is C10H13ClFN3. The SMILES string of the molecule is Fc1cncc(Cl)c1N1CCCNCC1. The van der Waals surface area contributed by atoms with E-state index in [4.69, 9.17) is 11.6 Å². The van der Waals surface area contributed by atoms with Crippen molar-refractivity contribution >= 4 is 17.3 Å². The molecule has 0 amide bonds. The summed E-state index contributed by atoms with van der Waals surface area (Å²) in [6.07, 6.45) is 3.69. The van der Waals surface area contributed by atoms with Crippen LogP contribution in [-0.4, -0.2) is 31.2 Å². The van der Waals surface area contributed by atoms with Crippen LogP contribution >= 0.6 is 11.6 Å². The zero-order valence-corrected chi connectivity index (χ0v) is 9.10. The highest BCUT2D eigenvalue weighted by molar-refractivity contribution is 6.33. The third kappa shape index (κ3) is 2.38. The molecular weight excluding hydrogens is 217 g/mol. The highest BCUT2D eigenvalue weighted by atomic mass is 35.5. The van der Waals surface area contributed by atoms with Gasteiger partial charge in [-0.3, -0.25) is 4.98 Å². The lowest BCUT2D eigenvalue weighted by molar-refractivity contribution is 0.612. The Kier molecular flexibility index (Phi) is 3.38. The van der Waals surface area contributed by atoms with Crippen molar-refractivity contribution in [3.05, 3.63) is 23.2 Å². The first-order valence-corrected chi connectivity index (χ1v) is 5.41. The fourth-order valence-electron chi connectivity index (χ4n) is 1.78. The predicted molar refractivity (Wildman–Crippen MR) is 58.9 cm³/mol. The Hall–Kier alpha value is -0.870. The summed E-state index contributed by atoms with van der Waals surface area (Å²) >= 11 is 5.95. The highest BCUT2D eigenvalue weighted by Crippen LogP contribution is 2.27. The lowest BCUT2D eigenvalue weighted by Gasteiger charge is -2.23. The van der Waals surface area contributed by atoms with Crippen molar-refractivity contribution in [3.63, 3.8) is 0 Å². The summed E-state index contributed by atoms with van der Waals surface area (Å²) in [5.41, 5.74) is 0.482. The van der Waals surface area contributed by atoms with Gasteiger partial charge in [-0.05, 0) is 13.0 Å². The molecule has 1 N–H and O–H groups in total. The van der Waals surface area contributed by atoms with Crippen molar-refractivity contribution in [3.8, 4) is 0 Å². The van der Waals surface area contributed by atoms with Gasteiger partial charge in [-0.1, -0.05) is 11.6 Å². The molecule has 2 heterocycles. The number of pyridine rings is 1. The fraction of sp³-hybridized carbons (Fsp3) is 0.500. The fourth-order valence-corrected chi connectivity index (χ4v) is 2.04. The van der Waals surface area contributed by atoms with E-state index in [9.17, 15) is 4.39 Å². The van der Waals surface area contributed by atoms with Crippen LogP contribution in [-0.2, 0) is 0 Å². The van der Waals surface area contributed by atoms with Crippen LogP contribution in [0.5, 0.6) is 0 Å². The Morgan fingerprint density at radius 3 is 3.00 bits per heavy atom. The molecule has 1 aliphatic heterocycles. The second-order valence-corrected chi connectivity index (χ2v) is 3.95. The zero-order chi connectivity index (χ0) is 10.7. The molecule has 15 heavy (non-hydrogen) atoms. The molecule has 82 valence electrons. The molecule has 1 aromatic rings. The van der Waals surface area contributed by atoms with E-state index in [0.717, 1.165) is 32.6 Å². The predicted octanol–water partition coefficient (Wildman–Crippen LogP) is 1.67. The van der Waals surface area contributed by atoms with Crippen molar-refractivity contribution in [1.82, 2.24) is 10.3 Å². The Balaban J connectivity index is 2.26. The average Bonchev–Trinajstić information content (AvgIpc) is 2.46. The third-order valence-corrected chi connectivity index (χ3v) is 2.76. The number of nitrogens with zero attached hydrogens (tertiary/aromatic N) is 2. The summed E-state index contributed by atoms with van der Waals surface area (Å²) in [5.74, 6) is -0.343. The molecule has 0 unspecified atom stereocenters. The van der Waals surface area contributed by atoms with Crippen LogP contribution in [0.15, 0.2) is 12.4 Å². The maximum absolute atomic E-state index is 13.6. The van der Waals surface area contributed by atoms with Crippen LogP contribution < -0.4 is 10.2 Å². The van der Waals surface area contributed by atoms with Gasteiger partial charge in [0.2, 0.25) is 0 Å². The van der Waals surface area contributed by atoms with Gasteiger partial charge in [0.05, 0.1) is 16.9 Å². The summed E-state index contributed by atoms with van der Waals surface area (Å²) in [7, 11) is 0. The van der Waals surface area contributed by atoms with E-state index in [0.29, 0.717) is 10.7 Å². The number of nitrogens with one attached hydrogen (secondary N) is 1. The zero-order valence-electron chi connectivity index (χ0n) is 8.34. The lowest BCUT2D eigenvalue weighted by Crippen LogP contribution is -2.28. The van der Waals surface area contributed by atoms with Gasteiger partial charge in [-0.25, -0.2) is 4.39 Å². The van der Waals surface area contributed by atoms with Crippen LogP contribution in [0.4, 0.5) is 10.1 Å². The van der Waals surface area contributed by atoms with Crippen molar-refractivity contribution < 1.29 is 4.39 Å². The van der Waals surface area contributed by atoms with Crippen LogP contribution in [0.1, 0.15) is 6.42 Å². The van der Waals surface area contributed by atoms with Crippen molar-refractivity contribution in [1.29, 1.82) is 0 Å². The number of hydrogen-bond donors (Lipinski definition) is 1. The minimum Gasteiger partial charge on any atom is -0.367 e. The van der Waals surface area contributed by atoms with Gasteiger partial charge in [0.1, 0.15) is 0 Å². The number of anilines is 1. The molecule has 1 fully saturated rings. The molecule has 0 radical (unpaired) electrons. The maximum Gasteiger partial charge on any atom is 0.166 e. The first kappa shape index (κ1) is 10.6. The van der Waals surface area contributed by atoms with Crippen molar-refractivity contribution in [2.24, 2.45) is 0 Å². The first-order valence-electron chi connectivity index (χ1n) is 5.03. The monoisotopic (exact) mass is 229 g/mol. The van der Waals surface area contributed by atoms with E-state index in [1.807, 2.05) is 4.90 Å². The summed E-state index contributed by atoms with van der Waals surface area (Å²) in [6.45, 7) is 3.44. The number of aromatic nitrogens is 1. The molecule has 0 aromatic carbocycles. The minimum absolute atomic E-state index is 0.343. The molecule has 0 spiro atoms. The second kappa shape index (κ2) is 4.77. The molecule has 0 saturated carbocycles. The molecule has 0 atom stereocenters. The van der Waals surface area contributed by atoms with E-state index in [1.54, 1.807) is 0 Å². The van der Waals surface area contributed by atoms with E-state index in [2.05, 4.69) is 10.3 Å². The molecule has 2 rings (SSSR count). The standard InChI is InChI=1S/C10H13ClFN3/c11-8-6-14-7-9(12)10(8)15-4-1-2-13-3-5-15/h6-7,13H,1-5H2. The van der Waals surface area contributed by atoms with Gasteiger partial charge in [0.25, 0.3) is 0 Å². The van der Waals surface area contributed by atoms with Gasteiger partial charge in [-0.15, -0.1) is 0 Å². The first-order chi connectivity index (χ1) is 7.29. The van der Waals surface area contributed by atoms with Crippen molar-refractivity contribution in [2.45, 2.75) is 6.42 Å². The van der Waals surface area contributed by atoms with Gasteiger partial charge in [-0.2, -0.15) is 0 Å². The molecule has 0 bridgehead atoms. The van der Waals surface area contributed by atoms with E-state index in [-0.39, 0.29) is 5.82 Å². The number of rotatable bonds is 1. The molecule has 3 nitrogen and oxygen atoms in total. The normalized spacial score (nSPS) is 17.6. The van der Waals surface area contributed by atoms with Gasteiger partial charge in [0, 0.05) is 25.8 Å². The molecule has 0 aliphatic carbocycles. The smallest absolute Gasteiger partial charge is 0.166 e. The summed E-state index contributed by atoms with van der Waals surface area (Å²) in [6, 6.07) is 0. The molecule has 1 aliphatic rings. The van der Waals surface area contributed by atoms with Crippen LogP contribution in [0.3, 0.4) is 0 Å². The van der Waals surface area contributed by atoms with E-state index < -0.39 is 0 Å². The summed E-state index contributed by atoms with van der Waals surface area (Å²) < 4.78 is 13.6. The van der Waals surface area contributed by atoms with E-state index >= 15 is 0 Å². The highest BCUT2D eigenvalue weighted by Gasteiger charge is 2.16. The topological polar surface area (TPSA) is 28.2 Å². The Labute approximate surface area is 93.2 Å². The Bertz CT molecular complexity index is 317. The Morgan fingerprint density at radius 2 is 2.20 bits per heavy atom. The Morgan fingerprint density at radius 1 is 1.33 bits per heavy atom. The summed E-state index contributed by atoms with van der Waals surface area (Å²) in [4.78, 5) is 5.69. The van der Waals surface area contributed by atoms with Gasteiger partial charge in [0.15, 0.2) is 5.82 Å². The second-order valence-electron chi connectivity index (χ2n) is 3.54. The van der Waals surface area contributed by atoms with Gasteiger partial charge >= 0.3 is 0 Å². The number of hydrogen-bond acceptors (Lipinski definition) is 3. The third-order valence-electron chi connectivity index (χ3n) is 2.48. The average molecular weight is 230 g/mol. The van der Waals surface area contributed by atoms with E-state index in [1.165, 1.54) is 12.4 Å². The quantitative estimate of drug-likeness (QED) is 0.794. The maximum atomic E-state index is 13.6. The molecule has 1 aromatic heterocycles. The molecule has 5 heteroatoms. The summed E-state index contributed by atoms with van der Waals surface area (Å²) in [5, 5.41) is 3.65. The van der Waals surface area contributed by atoms with Crippen LogP contribution in [0.2, 0.25) is 5.02 Å². The van der Waals surface area contributed by atoms with Crippen LogP contribution in [0.25, 0.3) is 0 Å².